The molecule has 20 heavy (non-hydrogen) atoms. The molecule has 0 radical (unpaired) electrons. The average molecular weight is 296 g/mol. The van der Waals surface area contributed by atoms with E-state index in [-0.39, 0.29) is 5.91 Å². The first-order valence-corrected chi connectivity index (χ1v) is 8.55. The Kier molecular flexibility index (Phi) is 7.30. The lowest BCUT2D eigenvalue weighted by atomic mass is 10.1. The standard InChI is InChI=1S/C15H24N2O2S/c1-4-8-16-13-6-7-14(12(3)11-13)15(18)17-9-10-20(19)5-2/h6-7,11,16H,4-5,8-10H2,1-3H3,(H,17,18). The summed E-state index contributed by atoms with van der Waals surface area (Å²) in [6, 6.07) is 5.73. The molecule has 0 saturated carbocycles. The molecule has 0 bridgehead atoms. The highest BCUT2D eigenvalue weighted by molar-refractivity contribution is 7.84. The van der Waals surface area contributed by atoms with E-state index in [0.717, 1.165) is 24.2 Å². The fraction of sp³-hybridized carbons (Fsp3) is 0.533. The van der Waals surface area contributed by atoms with Crippen molar-refractivity contribution in [3.8, 4) is 0 Å². The lowest BCUT2D eigenvalue weighted by Crippen LogP contribution is -2.28. The molecule has 0 aliphatic rings. The van der Waals surface area contributed by atoms with Crippen molar-refractivity contribution in [1.82, 2.24) is 5.32 Å². The number of amides is 1. The number of nitrogens with one attached hydrogen (secondary N) is 2. The second-order valence-electron chi connectivity index (χ2n) is 4.65. The van der Waals surface area contributed by atoms with E-state index in [1.54, 1.807) is 0 Å². The number of carbonyl (C=O) groups is 1. The third-order valence-corrected chi connectivity index (χ3v) is 4.29. The monoisotopic (exact) mass is 296 g/mol. The van der Waals surface area contributed by atoms with Crippen molar-refractivity contribution in [3.63, 3.8) is 0 Å². The molecule has 1 aromatic carbocycles. The predicted octanol–water partition coefficient (Wildman–Crippen LogP) is 2.32. The van der Waals surface area contributed by atoms with Gasteiger partial charge in [-0.25, -0.2) is 0 Å². The summed E-state index contributed by atoms with van der Waals surface area (Å²) in [5.41, 5.74) is 2.66. The van der Waals surface area contributed by atoms with Gasteiger partial charge in [0.05, 0.1) is 0 Å². The third-order valence-electron chi connectivity index (χ3n) is 2.99. The van der Waals surface area contributed by atoms with Crippen LogP contribution in [0.1, 0.15) is 36.2 Å². The van der Waals surface area contributed by atoms with E-state index in [1.807, 2.05) is 32.0 Å². The zero-order valence-electron chi connectivity index (χ0n) is 12.5. The molecule has 1 atom stereocenters. The molecule has 112 valence electrons. The highest BCUT2D eigenvalue weighted by Crippen LogP contribution is 2.15. The van der Waals surface area contributed by atoms with Crippen LogP contribution in [0, 0.1) is 6.92 Å². The predicted molar refractivity (Wildman–Crippen MR) is 85.8 cm³/mol. The molecular formula is C15H24N2O2S. The molecule has 1 aromatic rings. The van der Waals surface area contributed by atoms with Gasteiger partial charge in [0.1, 0.15) is 0 Å². The average Bonchev–Trinajstić information content (AvgIpc) is 2.44. The SMILES string of the molecule is CCCNc1ccc(C(=O)NCCS(=O)CC)c(C)c1. The van der Waals surface area contributed by atoms with Gasteiger partial charge >= 0.3 is 0 Å². The van der Waals surface area contributed by atoms with Crippen molar-refractivity contribution < 1.29 is 9.00 Å². The Morgan fingerprint density at radius 3 is 2.60 bits per heavy atom. The molecule has 1 unspecified atom stereocenters. The van der Waals surface area contributed by atoms with Gasteiger partial charge in [-0.15, -0.1) is 0 Å². The maximum absolute atomic E-state index is 12.0. The summed E-state index contributed by atoms with van der Waals surface area (Å²) >= 11 is 0. The van der Waals surface area contributed by atoms with Crippen LogP contribution < -0.4 is 10.6 Å². The molecule has 2 N–H and O–H groups in total. The van der Waals surface area contributed by atoms with E-state index >= 15 is 0 Å². The molecule has 0 fully saturated rings. The molecule has 0 aromatic heterocycles. The van der Waals surface area contributed by atoms with E-state index in [1.165, 1.54) is 0 Å². The number of anilines is 1. The maximum Gasteiger partial charge on any atom is 0.251 e. The van der Waals surface area contributed by atoms with Crippen molar-refractivity contribution in [2.24, 2.45) is 0 Å². The summed E-state index contributed by atoms with van der Waals surface area (Å²) in [4.78, 5) is 12.0. The van der Waals surface area contributed by atoms with Crippen molar-refractivity contribution >= 4 is 22.4 Å². The number of benzene rings is 1. The van der Waals surface area contributed by atoms with Crippen molar-refractivity contribution in [2.75, 3.05) is 29.9 Å². The Bertz CT molecular complexity index is 475. The molecule has 0 spiro atoms. The highest BCUT2D eigenvalue weighted by atomic mass is 32.2. The van der Waals surface area contributed by atoms with Gasteiger partial charge in [0.15, 0.2) is 0 Å². The minimum atomic E-state index is -0.837. The topological polar surface area (TPSA) is 58.2 Å². The zero-order chi connectivity index (χ0) is 15.0. The van der Waals surface area contributed by atoms with Crippen LogP contribution in [0.15, 0.2) is 18.2 Å². The van der Waals surface area contributed by atoms with Crippen molar-refractivity contribution in [1.29, 1.82) is 0 Å². The Morgan fingerprint density at radius 1 is 1.25 bits per heavy atom. The van der Waals surface area contributed by atoms with Crippen LogP contribution in [0.25, 0.3) is 0 Å². The Balaban J connectivity index is 2.57. The summed E-state index contributed by atoms with van der Waals surface area (Å²) in [7, 11) is -0.837. The molecule has 0 aliphatic heterocycles. The Morgan fingerprint density at radius 2 is 2.00 bits per heavy atom. The van der Waals surface area contributed by atoms with Crippen LogP contribution in [0.2, 0.25) is 0 Å². The molecule has 0 aliphatic carbocycles. The molecule has 1 rings (SSSR count). The molecule has 0 saturated heterocycles. The normalized spacial score (nSPS) is 11.9. The van der Waals surface area contributed by atoms with E-state index in [4.69, 9.17) is 0 Å². The van der Waals surface area contributed by atoms with Crippen LogP contribution in [0.5, 0.6) is 0 Å². The molecule has 5 heteroatoms. The molecular weight excluding hydrogens is 272 g/mol. The van der Waals surface area contributed by atoms with Gasteiger partial charge < -0.3 is 10.6 Å². The second kappa shape index (κ2) is 8.74. The van der Waals surface area contributed by atoms with Gasteiger partial charge in [-0.1, -0.05) is 13.8 Å². The highest BCUT2D eigenvalue weighted by Gasteiger charge is 2.09. The van der Waals surface area contributed by atoms with Crippen molar-refractivity contribution in [3.05, 3.63) is 29.3 Å². The number of carbonyl (C=O) groups excluding carboxylic acids is 1. The maximum atomic E-state index is 12.0. The number of hydrogen-bond acceptors (Lipinski definition) is 3. The van der Waals surface area contributed by atoms with E-state index in [0.29, 0.717) is 23.6 Å². The molecule has 1 amide bonds. The fourth-order valence-corrected chi connectivity index (χ4v) is 2.43. The number of aryl methyl sites for hydroxylation is 1. The van der Waals surface area contributed by atoms with Crippen LogP contribution in [-0.4, -0.2) is 34.7 Å². The van der Waals surface area contributed by atoms with Gasteiger partial charge in [0, 0.05) is 46.6 Å². The van der Waals surface area contributed by atoms with Gasteiger partial charge in [-0.3, -0.25) is 9.00 Å². The van der Waals surface area contributed by atoms with E-state index < -0.39 is 10.8 Å². The van der Waals surface area contributed by atoms with Gasteiger partial charge in [-0.05, 0) is 37.1 Å². The summed E-state index contributed by atoms with van der Waals surface area (Å²) in [6.45, 7) is 7.30. The Labute approximate surface area is 123 Å². The smallest absolute Gasteiger partial charge is 0.251 e. The minimum Gasteiger partial charge on any atom is -0.385 e. The summed E-state index contributed by atoms with van der Waals surface area (Å²) < 4.78 is 11.3. The van der Waals surface area contributed by atoms with E-state index in [2.05, 4.69) is 17.6 Å². The summed E-state index contributed by atoms with van der Waals surface area (Å²) in [5, 5.41) is 6.11. The summed E-state index contributed by atoms with van der Waals surface area (Å²) in [6.07, 6.45) is 1.07. The second-order valence-corrected chi connectivity index (χ2v) is 6.51. The minimum absolute atomic E-state index is 0.0994. The first-order valence-electron chi connectivity index (χ1n) is 7.06. The van der Waals surface area contributed by atoms with Gasteiger partial charge in [0.25, 0.3) is 5.91 Å². The summed E-state index contributed by atoms with van der Waals surface area (Å²) in [5.74, 6) is 1.04. The van der Waals surface area contributed by atoms with Crippen LogP contribution in [-0.2, 0) is 10.8 Å². The molecule has 0 heterocycles. The van der Waals surface area contributed by atoms with Crippen LogP contribution in [0.4, 0.5) is 5.69 Å². The van der Waals surface area contributed by atoms with Crippen LogP contribution >= 0.6 is 0 Å². The lowest BCUT2D eigenvalue weighted by Gasteiger charge is -2.10. The first kappa shape index (κ1) is 16.7. The van der Waals surface area contributed by atoms with E-state index in [9.17, 15) is 9.00 Å². The largest absolute Gasteiger partial charge is 0.385 e. The van der Waals surface area contributed by atoms with Crippen molar-refractivity contribution in [2.45, 2.75) is 27.2 Å². The number of rotatable bonds is 8. The van der Waals surface area contributed by atoms with Gasteiger partial charge in [0.2, 0.25) is 0 Å². The van der Waals surface area contributed by atoms with Crippen LogP contribution in [0.3, 0.4) is 0 Å². The zero-order valence-corrected chi connectivity index (χ0v) is 13.3. The third kappa shape index (κ3) is 5.33. The first-order chi connectivity index (χ1) is 9.58. The number of hydrogen-bond donors (Lipinski definition) is 2. The quantitative estimate of drug-likeness (QED) is 0.774. The lowest BCUT2D eigenvalue weighted by molar-refractivity contribution is 0.0955. The fourth-order valence-electron chi connectivity index (χ4n) is 1.82. The Hall–Kier alpha value is -1.36. The molecule has 4 nitrogen and oxygen atoms in total. The van der Waals surface area contributed by atoms with Gasteiger partial charge in [-0.2, -0.15) is 0 Å².